The van der Waals surface area contributed by atoms with Crippen LogP contribution in [-0.2, 0) is 13.6 Å². The smallest absolute Gasteiger partial charge is 0.390 e. The van der Waals surface area contributed by atoms with Crippen molar-refractivity contribution in [1.29, 1.82) is 0 Å². The predicted octanol–water partition coefficient (Wildman–Crippen LogP) is 2.36. The molecule has 1 aliphatic rings. The molecule has 0 amide bonds. The molecule has 0 spiro atoms. The van der Waals surface area contributed by atoms with Crippen molar-refractivity contribution in [2.75, 3.05) is 39.2 Å². The second kappa shape index (κ2) is 12.7. The van der Waals surface area contributed by atoms with Gasteiger partial charge < -0.3 is 50.9 Å². The van der Waals surface area contributed by atoms with Gasteiger partial charge in [0.1, 0.15) is 24.5 Å². The number of ether oxygens (including phenoxy) is 2. The zero-order chi connectivity index (χ0) is 28.4. The quantitative estimate of drug-likeness (QED) is 0.161. The summed E-state index contributed by atoms with van der Waals surface area (Å²) < 4.78 is 29.4. The summed E-state index contributed by atoms with van der Waals surface area (Å²) in [4.78, 5) is 23.6. The highest BCUT2D eigenvalue weighted by atomic mass is 79.9. The Balaban J connectivity index is 0.00000387. The summed E-state index contributed by atoms with van der Waals surface area (Å²) in [6.45, 7) is 2.81. The molecule has 1 N–H and O–H groups in total. The minimum absolute atomic E-state index is 0. The Hall–Kier alpha value is -3.36. The zero-order valence-corrected chi connectivity index (χ0v) is 26.0. The van der Waals surface area contributed by atoms with Crippen LogP contribution in [0, 0.1) is 21.8 Å². The van der Waals surface area contributed by atoms with Gasteiger partial charge in [-0.2, -0.15) is 0 Å². The standard InChI is InChI=1S/C27H30BrFN7O4.BrH/c1-34-16-32-27(35(37)38)23(34)13-36(2)8-6-17(7-9-36)14-40-25-12-22-19(11-24(25)39-3)26(31-15-30-22)33-21-5-4-18(28)10-20(21)29;/h4-5,10-12,15-17H,6-9,13-14H2,1-3H3,(H,30,31,33);1H/q+1;/p-1. The van der Waals surface area contributed by atoms with E-state index >= 15 is 0 Å². The van der Waals surface area contributed by atoms with E-state index in [1.54, 1.807) is 36.9 Å². The Labute approximate surface area is 255 Å². The molecule has 0 saturated carbocycles. The number of fused-ring (bicyclic) bond motifs is 1. The molecule has 41 heavy (non-hydrogen) atoms. The van der Waals surface area contributed by atoms with Crippen LogP contribution in [-0.4, -0.2) is 62.8 Å². The molecule has 0 aliphatic carbocycles. The van der Waals surface area contributed by atoms with Gasteiger partial charge in [-0.15, -0.1) is 0 Å². The van der Waals surface area contributed by atoms with E-state index < -0.39 is 10.7 Å². The molecule has 1 fully saturated rings. The molecule has 2 aromatic carbocycles. The number of aromatic nitrogens is 4. The molecule has 0 radical (unpaired) electrons. The van der Waals surface area contributed by atoms with E-state index in [1.807, 2.05) is 6.07 Å². The van der Waals surface area contributed by atoms with Gasteiger partial charge in [0, 0.05) is 41.7 Å². The molecule has 218 valence electrons. The van der Waals surface area contributed by atoms with E-state index in [2.05, 4.69) is 43.2 Å². The maximum atomic E-state index is 14.4. The highest BCUT2D eigenvalue weighted by Gasteiger charge is 2.35. The Morgan fingerprint density at radius 1 is 1.20 bits per heavy atom. The fraction of sp³-hybridized carbons (Fsp3) is 0.370. The van der Waals surface area contributed by atoms with Crippen LogP contribution in [0.5, 0.6) is 11.5 Å². The zero-order valence-electron chi connectivity index (χ0n) is 22.8. The van der Waals surface area contributed by atoms with Crippen molar-refractivity contribution in [3.8, 4) is 11.5 Å². The number of nitro groups is 1. The van der Waals surface area contributed by atoms with Gasteiger partial charge in [0.15, 0.2) is 17.2 Å². The fourth-order valence-corrected chi connectivity index (χ4v) is 5.40. The van der Waals surface area contributed by atoms with E-state index in [4.69, 9.17) is 9.47 Å². The summed E-state index contributed by atoms with van der Waals surface area (Å²) in [7, 11) is 5.49. The lowest BCUT2D eigenvalue weighted by atomic mass is 9.96. The molecule has 14 heteroatoms. The van der Waals surface area contributed by atoms with E-state index in [1.165, 1.54) is 18.7 Å². The molecule has 1 saturated heterocycles. The summed E-state index contributed by atoms with van der Waals surface area (Å²) in [5.41, 5.74) is 1.57. The average Bonchev–Trinajstić information content (AvgIpc) is 3.29. The maximum Gasteiger partial charge on any atom is 0.390 e. The van der Waals surface area contributed by atoms with E-state index in [0.717, 1.165) is 25.9 Å². The molecule has 2 aromatic heterocycles. The van der Waals surface area contributed by atoms with Gasteiger partial charge in [0.05, 0.1) is 45.1 Å². The molecule has 4 aromatic rings. The Kier molecular flexibility index (Phi) is 9.44. The van der Waals surface area contributed by atoms with Crippen LogP contribution >= 0.6 is 15.9 Å². The van der Waals surface area contributed by atoms with Gasteiger partial charge >= 0.3 is 5.82 Å². The number of likely N-dealkylation sites (tertiary alicyclic amines) is 1. The van der Waals surface area contributed by atoms with E-state index in [0.29, 0.717) is 67.6 Å². The monoisotopic (exact) mass is 693 g/mol. The molecule has 1 aliphatic heterocycles. The number of imidazole rings is 1. The highest BCUT2D eigenvalue weighted by molar-refractivity contribution is 9.10. The van der Waals surface area contributed by atoms with Gasteiger partial charge in [-0.05, 0) is 34.2 Å². The largest absolute Gasteiger partial charge is 1.00 e. The lowest BCUT2D eigenvalue weighted by Crippen LogP contribution is -3.00. The van der Waals surface area contributed by atoms with Crippen LogP contribution in [0.1, 0.15) is 18.5 Å². The van der Waals surface area contributed by atoms with Gasteiger partial charge in [0.2, 0.25) is 6.33 Å². The number of anilines is 2. The van der Waals surface area contributed by atoms with E-state index in [9.17, 15) is 14.5 Å². The SMILES string of the molecule is COc1cc2c(Nc3ccc(Br)cc3F)ncnc2cc1OCC1CC[N+](C)(Cc2c([N+](=O)[O-])ncn2C)CC1.[Br-]. The molecule has 11 nitrogen and oxygen atoms in total. The summed E-state index contributed by atoms with van der Waals surface area (Å²) in [5, 5.41) is 15.1. The van der Waals surface area contributed by atoms with Gasteiger partial charge in [-0.25, -0.2) is 14.4 Å². The number of hydrogen-bond donors (Lipinski definition) is 1. The number of aryl methyl sites for hydroxylation is 1. The number of piperidine rings is 1. The third-order valence-electron chi connectivity index (χ3n) is 7.48. The highest BCUT2D eigenvalue weighted by Crippen LogP contribution is 2.36. The minimum atomic E-state index is -0.415. The lowest BCUT2D eigenvalue weighted by molar-refractivity contribution is -0.928. The van der Waals surface area contributed by atoms with Crippen molar-refractivity contribution in [1.82, 2.24) is 19.5 Å². The average molecular weight is 695 g/mol. The number of halogens is 3. The normalized spacial score (nSPS) is 18.5. The van der Waals surface area contributed by atoms with E-state index in [-0.39, 0.29) is 22.8 Å². The van der Waals surface area contributed by atoms with Crippen LogP contribution in [0.3, 0.4) is 0 Å². The third-order valence-corrected chi connectivity index (χ3v) is 7.97. The summed E-state index contributed by atoms with van der Waals surface area (Å²) in [5.74, 6) is 1.41. The summed E-state index contributed by atoms with van der Waals surface area (Å²) in [6, 6.07) is 8.36. The number of benzene rings is 2. The number of methoxy groups -OCH3 is 1. The molecule has 0 bridgehead atoms. The number of hydrogen-bond acceptors (Lipinski definition) is 8. The van der Waals surface area contributed by atoms with Gasteiger partial charge in [-0.1, -0.05) is 15.9 Å². The first-order valence-electron chi connectivity index (χ1n) is 12.8. The van der Waals surface area contributed by atoms with Crippen molar-refractivity contribution in [3.63, 3.8) is 0 Å². The summed E-state index contributed by atoms with van der Waals surface area (Å²) >= 11 is 3.27. The number of nitrogens with zero attached hydrogens (tertiary/aromatic N) is 6. The topological polar surface area (TPSA) is 117 Å². The first-order chi connectivity index (χ1) is 19.2. The molecule has 0 unspecified atom stereocenters. The van der Waals surface area contributed by atoms with Crippen molar-refractivity contribution < 1.29 is 40.3 Å². The number of nitrogens with one attached hydrogen (secondary N) is 1. The fourth-order valence-electron chi connectivity index (χ4n) is 5.07. The second-order valence-electron chi connectivity index (χ2n) is 10.4. The van der Waals surface area contributed by atoms with Gasteiger partial charge in [0.25, 0.3) is 0 Å². The number of quaternary nitrogens is 1. The number of rotatable bonds is 9. The Bertz CT molecular complexity index is 1560. The Morgan fingerprint density at radius 2 is 1.95 bits per heavy atom. The first-order valence-corrected chi connectivity index (χ1v) is 13.6. The van der Waals surface area contributed by atoms with Crippen LogP contribution < -0.4 is 31.8 Å². The lowest BCUT2D eigenvalue weighted by Gasteiger charge is -2.40. The first kappa shape index (κ1) is 30.6. The maximum absolute atomic E-state index is 14.4. The van der Waals surface area contributed by atoms with Crippen molar-refractivity contribution in [2.24, 2.45) is 13.0 Å². The minimum Gasteiger partial charge on any atom is -1.00 e. The van der Waals surface area contributed by atoms with Crippen molar-refractivity contribution >= 4 is 44.2 Å². The second-order valence-corrected chi connectivity index (χ2v) is 11.3. The van der Waals surface area contributed by atoms with Crippen molar-refractivity contribution in [2.45, 2.75) is 19.4 Å². The molecular weight excluding hydrogens is 665 g/mol. The molecular formula is C27H30Br2FN7O4. The predicted molar refractivity (Wildman–Crippen MR) is 151 cm³/mol. The van der Waals surface area contributed by atoms with Gasteiger partial charge in [-0.3, -0.25) is 0 Å². The van der Waals surface area contributed by atoms with Crippen molar-refractivity contribution in [3.05, 3.63) is 69.1 Å². The van der Waals surface area contributed by atoms with Crippen LogP contribution in [0.4, 0.5) is 21.7 Å². The van der Waals surface area contributed by atoms with Crippen LogP contribution in [0.15, 0.2) is 47.5 Å². The molecule has 3 heterocycles. The summed E-state index contributed by atoms with van der Waals surface area (Å²) in [6.07, 6.45) is 4.77. The molecule has 0 atom stereocenters. The van der Waals surface area contributed by atoms with Crippen LogP contribution in [0.25, 0.3) is 10.9 Å². The molecule has 5 rings (SSSR count). The Morgan fingerprint density at radius 3 is 2.63 bits per heavy atom. The van der Waals surface area contributed by atoms with Crippen LogP contribution in [0.2, 0.25) is 0 Å². The third kappa shape index (κ3) is 6.76.